The van der Waals surface area contributed by atoms with Crippen LogP contribution in [0.4, 0.5) is 0 Å². The second-order valence-corrected chi connectivity index (χ2v) is 4.43. The van der Waals surface area contributed by atoms with Gasteiger partial charge in [0.25, 0.3) is 0 Å². The molecule has 7 heteroatoms. The van der Waals surface area contributed by atoms with Gasteiger partial charge in [0.15, 0.2) is 0 Å². The van der Waals surface area contributed by atoms with E-state index in [9.17, 15) is 8.42 Å². The lowest BCUT2D eigenvalue weighted by molar-refractivity contribution is 0.596. The van der Waals surface area contributed by atoms with Gasteiger partial charge in [0.05, 0.1) is 17.3 Å². The first-order valence-electron chi connectivity index (χ1n) is 3.49. The highest BCUT2D eigenvalue weighted by Gasteiger charge is 2.21. The van der Waals surface area contributed by atoms with Gasteiger partial charge in [0.2, 0.25) is 10.0 Å². The zero-order valence-electron chi connectivity index (χ0n) is 7.28. The number of sulfonamides is 1. The molecule has 0 amide bonds. The summed E-state index contributed by atoms with van der Waals surface area (Å²) in [5, 5.41) is 8.93. The van der Waals surface area contributed by atoms with Gasteiger partial charge in [-0.2, -0.15) is 5.10 Å². The predicted molar refractivity (Wildman–Crippen MR) is 48.9 cm³/mol. The lowest BCUT2D eigenvalue weighted by atomic mass is 10.4. The Labute approximate surface area is 81.5 Å². The Morgan fingerprint density at radius 2 is 2.15 bits per heavy atom. The Balaban J connectivity index is 3.51. The molecule has 0 fully saturated rings. The van der Waals surface area contributed by atoms with Crippen LogP contribution in [0.2, 0.25) is 0 Å². The third-order valence-electron chi connectivity index (χ3n) is 1.76. The number of aryl methyl sites for hydroxylation is 1. The van der Waals surface area contributed by atoms with Crippen molar-refractivity contribution in [2.75, 3.05) is 0 Å². The summed E-state index contributed by atoms with van der Waals surface area (Å²) in [4.78, 5) is 0.0324. The zero-order chi connectivity index (χ0) is 10.2. The fourth-order valence-electron chi connectivity index (χ4n) is 1.11. The number of nitrogens with zero attached hydrogens (tertiary/aromatic N) is 2. The number of halogens is 1. The van der Waals surface area contributed by atoms with E-state index in [0.29, 0.717) is 11.4 Å². The molecule has 0 aliphatic carbocycles. The van der Waals surface area contributed by atoms with Gasteiger partial charge < -0.3 is 0 Å². The summed E-state index contributed by atoms with van der Waals surface area (Å²) in [6.07, 6.45) is 0. The fourth-order valence-corrected chi connectivity index (χ4v) is 2.37. The Bertz CT molecular complexity index is 423. The van der Waals surface area contributed by atoms with Gasteiger partial charge in [0, 0.05) is 7.05 Å². The van der Waals surface area contributed by atoms with Crippen molar-refractivity contribution in [1.82, 2.24) is 9.78 Å². The molecule has 1 rings (SSSR count). The summed E-state index contributed by atoms with van der Waals surface area (Å²) in [5.41, 5.74) is 0.794. The molecule has 2 N–H and O–H groups in total. The van der Waals surface area contributed by atoms with E-state index in [1.165, 1.54) is 4.68 Å². The largest absolute Gasteiger partial charge is 0.271 e. The van der Waals surface area contributed by atoms with E-state index in [-0.39, 0.29) is 10.8 Å². The number of nitrogens with two attached hydrogens (primary N) is 1. The summed E-state index contributed by atoms with van der Waals surface area (Å²) in [6, 6.07) is 0. The summed E-state index contributed by atoms with van der Waals surface area (Å²) in [6.45, 7) is 1.63. The van der Waals surface area contributed by atoms with Gasteiger partial charge in [-0.15, -0.1) is 11.6 Å². The number of hydrogen-bond donors (Lipinski definition) is 1. The van der Waals surface area contributed by atoms with Crippen LogP contribution in [-0.2, 0) is 23.0 Å². The van der Waals surface area contributed by atoms with E-state index in [1.54, 1.807) is 14.0 Å². The minimum atomic E-state index is -3.72. The summed E-state index contributed by atoms with van der Waals surface area (Å²) in [7, 11) is -2.08. The van der Waals surface area contributed by atoms with Crippen LogP contribution in [0.1, 0.15) is 11.4 Å². The van der Waals surface area contributed by atoms with Gasteiger partial charge in [0.1, 0.15) is 4.90 Å². The fraction of sp³-hybridized carbons (Fsp3) is 0.500. The molecule has 0 aliphatic heterocycles. The first-order valence-corrected chi connectivity index (χ1v) is 5.57. The SMILES string of the molecule is Cc1c(S(N)(=O)=O)c(CCl)nn1C. The minimum Gasteiger partial charge on any atom is -0.271 e. The topological polar surface area (TPSA) is 78.0 Å². The first-order chi connectivity index (χ1) is 5.88. The van der Waals surface area contributed by atoms with Gasteiger partial charge in [-0.25, -0.2) is 13.6 Å². The molecule has 0 saturated heterocycles. The number of alkyl halides is 1. The van der Waals surface area contributed by atoms with E-state index in [0.717, 1.165) is 0 Å². The lowest BCUT2D eigenvalue weighted by Gasteiger charge is -1.97. The molecule has 1 aromatic rings. The molecule has 1 heterocycles. The quantitative estimate of drug-likeness (QED) is 0.724. The van der Waals surface area contributed by atoms with Crippen LogP contribution in [-0.4, -0.2) is 18.2 Å². The summed E-state index contributed by atoms with van der Waals surface area (Å²) in [5.74, 6) is 0.0352. The molecule has 74 valence electrons. The van der Waals surface area contributed by atoms with Crippen molar-refractivity contribution in [2.24, 2.45) is 12.2 Å². The smallest absolute Gasteiger partial charge is 0.241 e. The molecule has 0 bridgehead atoms. The Morgan fingerprint density at radius 3 is 2.46 bits per heavy atom. The maximum absolute atomic E-state index is 11.1. The van der Waals surface area contributed by atoms with E-state index >= 15 is 0 Å². The average Bonchev–Trinajstić information content (AvgIpc) is 2.26. The molecular weight excluding hydrogens is 214 g/mol. The van der Waals surface area contributed by atoms with Crippen molar-refractivity contribution in [3.63, 3.8) is 0 Å². The molecule has 5 nitrogen and oxygen atoms in total. The zero-order valence-corrected chi connectivity index (χ0v) is 8.85. The van der Waals surface area contributed by atoms with Crippen LogP contribution in [0.25, 0.3) is 0 Å². The lowest BCUT2D eigenvalue weighted by Crippen LogP contribution is -2.14. The van der Waals surface area contributed by atoms with E-state index in [1.807, 2.05) is 0 Å². The van der Waals surface area contributed by atoms with Crippen molar-refractivity contribution < 1.29 is 8.42 Å². The van der Waals surface area contributed by atoms with Gasteiger partial charge in [-0.05, 0) is 6.92 Å². The van der Waals surface area contributed by atoms with Crippen LogP contribution in [0.5, 0.6) is 0 Å². The summed E-state index contributed by atoms with van der Waals surface area (Å²) < 4.78 is 23.7. The number of primary sulfonamides is 1. The van der Waals surface area contributed by atoms with Crippen molar-refractivity contribution in [2.45, 2.75) is 17.7 Å². The van der Waals surface area contributed by atoms with E-state index < -0.39 is 10.0 Å². The molecule has 0 aromatic carbocycles. The predicted octanol–water partition coefficient (Wildman–Crippen LogP) is 0.115. The first kappa shape index (κ1) is 10.5. The van der Waals surface area contributed by atoms with Crippen LogP contribution in [0.15, 0.2) is 4.90 Å². The number of hydrogen-bond acceptors (Lipinski definition) is 3. The third kappa shape index (κ3) is 1.84. The monoisotopic (exact) mass is 223 g/mol. The Hall–Kier alpha value is -0.590. The van der Waals surface area contributed by atoms with E-state index in [2.05, 4.69) is 5.10 Å². The number of aromatic nitrogens is 2. The number of rotatable bonds is 2. The standard InChI is InChI=1S/C6H10ClN3O2S/c1-4-6(13(8,11)12)5(3-7)9-10(4)2/h3H2,1-2H3,(H2,8,11,12). The summed E-state index contributed by atoms with van der Waals surface area (Å²) >= 11 is 5.53. The van der Waals surface area contributed by atoms with Crippen LogP contribution in [0.3, 0.4) is 0 Å². The van der Waals surface area contributed by atoms with Gasteiger partial charge >= 0.3 is 0 Å². The minimum absolute atomic E-state index is 0.0324. The molecule has 1 aromatic heterocycles. The van der Waals surface area contributed by atoms with Gasteiger partial charge in [-0.1, -0.05) is 0 Å². The van der Waals surface area contributed by atoms with Crippen LogP contribution < -0.4 is 5.14 Å². The maximum atomic E-state index is 11.1. The molecule has 0 aliphatic rings. The van der Waals surface area contributed by atoms with Crippen molar-refractivity contribution >= 4 is 21.6 Å². The van der Waals surface area contributed by atoms with Crippen LogP contribution in [0, 0.1) is 6.92 Å². The van der Waals surface area contributed by atoms with E-state index in [4.69, 9.17) is 16.7 Å². The molecule has 0 saturated carbocycles. The molecule has 0 atom stereocenters. The second-order valence-electron chi connectivity index (χ2n) is 2.66. The third-order valence-corrected chi connectivity index (χ3v) is 3.11. The van der Waals surface area contributed by atoms with Crippen LogP contribution >= 0.6 is 11.6 Å². The molecule has 0 unspecified atom stereocenters. The molecular formula is C6H10ClN3O2S. The highest BCUT2D eigenvalue weighted by Crippen LogP contribution is 2.18. The van der Waals surface area contributed by atoms with Gasteiger partial charge in [-0.3, -0.25) is 4.68 Å². The maximum Gasteiger partial charge on any atom is 0.241 e. The normalized spacial score (nSPS) is 12.0. The average molecular weight is 224 g/mol. The Morgan fingerprint density at radius 1 is 1.62 bits per heavy atom. The Kier molecular flexibility index (Phi) is 2.65. The van der Waals surface area contributed by atoms with Crippen molar-refractivity contribution in [3.05, 3.63) is 11.4 Å². The van der Waals surface area contributed by atoms with Crippen molar-refractivity contribution in [1.29, 1.82) is 0 Å². The molecule has 0 radical (unpaired) electrons. The highest BCUT2D eigenvalue weighted by atomic mass is 35.5. The van der Waals surface area contributed by atoms with Crippen molar-refractivity contribution in [3.8, 4) is 0 Å². The second kappa shape index (κ2) is 3.28. The highest BCUT2D eigenvalue weighted by molar-refractivity contribution is 7.89. The molecule has 0 spiro atoms. The molecule has 13 heavy (non-hydrogen) atoms.